The topological polar surface area (TPSA) is 62.0 Å². The lowest BCUT2D eigenvalue weighted by Gasteiger charge is -2.15. The highest BCUT2D eigenvalue weighted by Gasteiger charge is 2.22. The Hall–Kier alpha value is -1.34. The number of aromatic nitrogens is 1. The zero-order chi connectivity index (χ0) is 18.0. The zero-order valence-electron chi connectivity index (χ0n) is 13.6. The van der Waals surface area contributed by atoms with Gasteiger partial charge in [0.2, 0.25) is 10.0 Å². The smallest absolute Gasteiger partial charge is 0.241 e. The second-order valence-corrected chi connectivity index (χ2v) is 8.74. The lowest BCUT2D eigenvalue weighted by atomic mass is 10.1. The molecular formula is C18H18BrClN2O2S. The van der Waals surface area contributed by atoms with Gasteiger partial charge in [-0.1, -0.05) is 45.7 Å². The maximum absolute atomic E-state index is 12.6. The van der Waals surface area contributed by atoms with Crippen molar-refractivity contribution in [1.82, 2.24) is 9.71 Å². The van der Waals surface area contributed by atoms with Gasteiger partial charge in [0.25, 0.3) is 0 Å². The van der Waals surface area contributed by atoms with Gasteiger partial charge >= 0.3 is 0 Å². The number of aryl methyl sites for hydroxylation is 1. The standard InChI is InChI=1S/C18H18BrClN2O2S/c1-12(22-25(23,24)14-8-6-13(20)7-9-14)18-16(10-11-19)15-4-2-3-5-17(15)21-18/h2-9,12,21-22H,10-11H2,1H3. The van der Waals surface area contributed by atoms with Crippen LogP contribution in [0.3, 0.4) is 0 Å². The molecule has 0 fully saturated rings. The molecule has 3 rings (SSSR count). The molecule has 25 heavy (non-hydrogen) atoms. The van der Waals surface area contributed by atoms with Crippen LogP contribution in [0.5, 0.6) is 0 Å². The number of sulfonamides is 1. The van der Waals surface area contributed by atoms with Gasteiger partial charge < -0.3 is 4.98 Å². The number of fused-ring (bicyclic) bond motifs is 1. The molecule has 1 heterocycles. The third-order valence-electron chi connectivity index (χ3n) is 4.08. The molecule has 2 N–H and O–H groups in total. The Kier molecular flexibility index (Phi) is 5.53. The minimum atomic E-state index is -3.63. The lowest BCUT2D eigenvalue weighted by molar-refractivity contribution is 0.564. The van der Waals surface area contributed by atoms with Crippen molar-refractivity contribution in [1.29, 1.82) is 0 Å². The highest BCUT2D eigenvalue weighted by molar-refractivity contribution is 9.09. The Balaban J connectivity index is 1.95. The molecule has 1 unspecified atom stereocenters. The normalized spacial score (nSPS) is 13.2. The summed E-state index contributed by atoms with van der Waals surface area (Å²) in [7, 11) is -3.63. The number of halogens is 2. The molecule has 0 spiro atoms. The number of para-hydroxylation sites is 1. The van der Waals surface area contributed by atoms with E-state index in [1.165, 1.54) is 12.1 Å². The number of H-pyrrole nitrogens is 1. The summed E-state index contributed by atoms with van der Waals surface area (Å²) in [6.45, 7) is 1.84. The molecule has 0 bridgehead atoms. The lowest BCUT2D eigenvalue weighted by Crippen LogP contribution is -2.27. The summed E-state index contributed by atoms with van der Waals surface area (Å²) in [5, 5.41) is 2.43. The minimum Gasteiger partial charge on any atom is -0.357 e. The van der Waals surface area contributed by atoms with Crippen LogP contribution in [0.1, 0.15) is 24.2 Å². The van der Waals surface area contributed by atoms with Crippen LogP contribution < -0.4 is 4.72 Å². The molecular weight excluding hydrogens is 424 g/mol. The monoisotopic (exact) mass is 440 g/mol. The van der Waals surface area contributed by atoms with Crippen LogP contribution in [0.15, 0.2) is 53.4 Å². The Morgan fingerprint density at radius 2 is 1.84 bits per heavy atom. The number of rotatable bonds is 6. The zero-order valence-corrected chi connectivity index (χ0v) is 16.7. The summed E-state index contributed by atoms with van der Waals surface area (Å²) >= 11 is 9.32. The van der Waals surface area contributed by atoms with Crippen LogP contribution >= 0.6 is 27.5 Å². The maximum Gasteiger partial charge on any atom is 0.241 e. The summed E-state index contributed by atoms with van der Waals surface area (Å²) in [4.78, 5) is 3.56. The second-order valence-electron chi connectivity index (χ2n) is 5.80. The fourth-order valence-corrected chi connectivity index (χ4v) is 4.66. The van der Waals surface area contributed by atoms with Crippen LogP contribution in [0.2, 0.25) is 5.02 Å². The molecule has 1 atom stereocenters. The predicted molar refractivity (Wildman–Crippen MR) is 106 cm³/mol. The van der Waals surface area contributed by atoms with E-state index in [2.05, 4.69) is 25.6 Å². The van der Waals surface area contributed by atoms with Crippen LogP contribution in [0.4, 0.5) is 0 Å². The highest BCUT2D eigenvalue weighted by atomic mass is 79.9. The van der Waals surface area contributed by atoms with E-state index < -0.39 is 10.0 Å². The van der Waals surface area contributed by atoms with Gasteiger partial charge in [-0.05, 0) is 49.2 Å². The summed E-state index contributed by atoms with van der Waals surface area (Å²) in [6, 6.07) is 13.7. The van der Waals surface area contributed by atoms with Gasteiger partial charge in [0.15, 0.2) is 0 Å². The molecule has 4 nitrogen and oxygen atoms in total. The summed E-state index contributed by atoms with van der Waals surface area (Å²) in [6.07, 6.45) is 0.812. The minimum absolute atomic E-state index is 0.196. The van der Waals surface area contributed by atoms with Crippen molar-refractivity contribution < 1.29 is 8.42 Å². The predicted octanol–water partition coefficient (Wildman–Crippen LogP) is 4.80. The van der Waals surface area contributed by atoms with Gasteiger partial charge in [0.1, 0.15) is 0 Å². The van der Waals surface area contributed by atoms with Crippen molar-refractivity contribution in [2.24, 2.45) is 0 Å². The molecule has 1 aromatic heterocycles. The third-order valence-corrected chi connectivity index (χ3v) is 6.29. The van der Waals surface area contributed by atoms with Crippen molar-refractivity contribution in [3.8, 4) is 0 Å². The highest BCUT2D eigenvalue weighted by Crippen LogP contribution is 2.28. The van der Waals surface area contributed by atoms with Gasteiger partial charge in [0.05, 0.1) is 10.9 Å². The van der Waals surface area contributed by atoms with Crippen molar-refractivity contribution in [3.63, 3.8) is 0 Å². The number of hydrogen-bond acceptors (Lipinski definition) is 2. The third kappa shape index (κ3) is 3.92. The fraction of sp³-hybridized carbons (Fsp3) is 0.222. The Bertz CT molecular complexity index is 984. The van der Waals surface area contributed by atoms with Gasteiger partial charge in [-0.15, -0.1) is 0 Å². The Morgan fingerprint density at radius 1 is 1.16 bits per heavy atom. The summed E-state index contributed by atoms with van der Waals surface area (Å²) in [5.74, 6) is 0. The molecule has 0 aliphatic heterocycles. The van der Waals surface area contributed by atoms with E-state index in [-0.39, 0.29) is 10.9 Å². The molecule has 7 heteroatoms. The number of aromatic amines is 1. The first kappa shape index (κ1) is 18.5. The van der Waals surface area contributed by atoms with Crippen molar-refractivity contribution in [2.45, 2.75) is 24.3 Å². The maximum atomic E-state index is 12.6. The second kappa shape index (κ2) is 7.50. The number of benzene rings is 2. The van der Waals surface area contributed by atoms with Crippen LogP contribution in [-0.4, -0.2) is 18.7 Å². The van der Waals surface area contributed by atoms with E-state index in [0.29, 0.717) is 5.02 Å². The van der Waals surface area contributed by atoms with Crippen molar-refractivity contribution in [2.75, 3.05) is 5.33 Å². The van der Waals surface area contributed by atoms with E-state index in [1.54, 1.807) is 12.1 Å². The van der Waals surface area contributed by atoms with Crippen LogP contribution in [0, 0.1) is 0 Å². The largest absolute Gasteiger partial charge is 0.357 e. The summed E-state index contributed by atoms with van der Waals surface area (Å²) < 4.78 is 28.0. The van der Waals surface area contributed by atoms with Crippen molar-refractivity contribution >= 4 is 48.5 Å². The first-order valence-corrected chi connectivity index (χ1v) is 10.8. The molecule has 0 saturated heterocycles. The van der Waals surface area contributed by atoms with E-state index in [9.17, 15) is 8.42 Å². The average molecular weight is 442 g/mol. The molecule has 0 amide bonds. The molecule has 3 aromatic rings. The SMILES string of the molecule is CC(NS(=O)(=O)c1ccc(Cl)cc1)c1[nH]c2ccccc2c1CCBr. The first-order valence-electron chi connectivity index (χ1n) is 7.85. The van der Waals surface area contributed by atoms with E-state index in [1.807, 2.05) is 31.2 Å². The van der Waals surface area contributed by atoms with E-state index in [0.717, 1.165) is 33.9 Å². The van der Waals surface area contributed by atoms with Gasteiger partial charge in [-0.25, -0.2) is 13.1 Å². The van der Waals surface area contributed by atoms with Gasteiger partial charge in [-0.3, -0.25) is 0 Å². The first-order chi connectivity index (χ1) is 11.9. The van der Waals surface area contributed by atoms with Crippen LogP contribution in [0.25, 0.3) is 10.9 Å². The Morgan fingerprint density at radius 3 is 2.52 bits per heavy atom. The van der Waals surface area contributed by atoms with Crippen molar-refractivity contribution in [3.05, 3.63) is 64.8 Å². The Labute approximate surface area is 160 Å². The molecule has 2 aromatic carbocycles. The van der Waals surface area contributed by atoms with Gasteiger partial charge in [0, 0.05) is 26.9 Å². The molecule has 0 aliphatic rings. The quantitative estimate of drug-likeness (QED) is 0.540. The fourth-order valence-electron chi connectivity index (χ4n) is 2.93. The number of nitrogens with one attached hydrogen (secondary N) is 2. The molecule has 0 aliphatic carbocycles. The van der Waals surface area contributed by atoms with E-state index in [4.69, 9.17) is 11.6 Å². The average Bonchev–Trinajstić information content (AvgIpc) is 2.94. The van der Waals surface area contributed by atoms with E-state index >= 15 is 0 Å². The summed E-state index contributed by atoms with van der Waals surface area (Å²) in [5.41, 5.74) is 3.02. The molecule has 132 valence electrons. The number of alkyl halides is 1. The molecule has 0 radical (unpaired) electrons. The number of hydrogen-bond donors (Lipinski definition) is 2. The van der Waals surface area contributed by atoms with Gasteiger partial charge in [-0.2, -0.15) is 0 Å². The molecule has 0 saturated carbocycles. The van der Waals surface area contributed by atoms with Crippen LogP contribution in [-0.2, 0) is 16.4 Å².